The average Bonchev–Trinajstić information content (AvgIpc) is 2.29. The second-order valence-electron chi connectivity index (χ2n) is 3.47. The van der Waals surface area contributed by atoms with Crippen LogP contribution in [0.4, 0.5) is 5.82 Å². The molecule has 0 radical (unpaired) electrons. The van der Waals surface area contributed by atoms with Crippen LogP contribution in [0.25, 0.3) is 0 Å². The molecule has 0 aliphatic carbocycles. The van der Waals surface area contributed by atoms with Crippen LogP contribution in [0.5, 0.6) is 0 Å². The largest absolute Gasteiger partial charge is 0.357 e. The highest BCUT2D eigenvalue weighted by atomic mass is 35.5. The van der Waals surface area contributed by atoms with Gasteiger partial charge in [0.1, 0.15) is 11.0 Å². The fraction of sp³-hybridized carbons (Fsp3) is 0.636. The van der Waals surface area contributed by atoms with E-state index >= 15 is 0 Å². The first-order valence-electron chi connectivity index (χ1n) is 5.54. The van der Waals surface area contributed by atoms with Crippen LogP contribution in [0.2, 0.25) is 5.15 Å². The normalized spacial score (nSPS) is 10.5. The first kappa shape index (κ1) is 13.6. The molecule has 0 aromatic carbocycles. The summed E-state index contributed by atoms with van der Waals surface area (Å²) >= 11 is 7.49. The monoisotopic (exact) mass is 259 g/mol. The molecule has 0 amide bonds. The molecule has 0 aliphatic heterocycles. The number of nitrogens with zero attached hydrogens (tertiary/aromatic N) is 3. The van der Waals surface area contributed by atoms with Crippen LogP contribution in [0, 0.1) is 0 Å². The fourth-order valence-electron chi connectivity index (χ4n) is 1.42. The first-order chi connectivity index (χ1) is 7.71. The van der Waals surface area contributed by atoms with E-state index in [4.69, 9.17) is 11.6 Å². The molecular formula is C11H18ClN3S. The summed E-state index contributed by atoms with van der Waals surface area (Å²) in [7, 11) is 0. The van der Waals surface area contributed by atoms with Crippen molar-refractivity contribution in [1.29, 1.82) is 0 Å². The molecule has 0 spiro atoms. The fourth-order valence-corrected chi connectivity index (χ4v) is 2.02. The Balaban J connectivity index is 2.86. The lowest BCUT2D eigenvalue weighted by Crippen LogP contribution is -2.25. The lowest BCUT2D eigenvalue weighted by molar-refractivity contribution is 0.717. The Bertz CT molecular complexity index is 333. The van der Waals surface area contributed by atoms with E-state index in [1.54, 1.807) is 0 Å². The maximum atomic E-state index is 5.97. The van der Waals surface area contributed by atoms with Crippen molar-refractivity contribution in [3.05, 3.63) is 11.2 Å². The Labute approximate surface area is 107 Å². The van der Waals surface area contributed by atoms with Crippen LogP contribution in [0.15, 0.2) is 11.2 Å². The molecule has 1 aromatic rings. The second-order valence-corrected chi connectivity index (χ2v) is 4.63. The molecule has 5 heteroatoms. The minimum atomic E-state index is 0.518. The van der Waals surface area contributed by atoms with Gasteiger partial charge < -0.3 is 4.90 Å². The second kappa shape index (κ2) is 6.97. The highest BCUT2D eigenvalue weighted by Crippen LogP contribution is 2.20. The lowest BCUT2D eigenvalue weighted by atomic mass is 10.3. The number of hydrogen-bond donors (Lipinski definition) is 0. The molecule has 0 atom stereocenters. The summed E-state index contributed by atoms with van der Waals surface area (Å²) in [6, 6.07) is 1.83. The van der Waals surface area contributed by atoms with Gasteiger partial charge in [-0.15, -0.1) is 0 Å². The smallest absolute Gasteiger partial charge is 0.190 e. The van der Waals surface area contributed by atoms with Gasteiger partial charge >= 0.3 is 0 Å². The Morgan fingerprint density at radius 1 is 1.38 bits per heavy atom. The number of thioether (sulfide) groups is 1. The van der Waals surface area contributed by atoms with Crippen molar-refractivity contribution in [2.24, 2.45) is 0 Å². The van der Waals surface area contributed by atoms with Crippen molar-refractivity contribution in [1.82, 2.24) is 9.97 Å². The maximum absolute atomic E-state index is 5.97. The van der Waals surface area contributed by atoms with Gasteiger partial charge in [-0.2, -0.15) is 0 Å². The average molecular weight is 260 g/mol. The van der Waals surface area contributed by atoms with Gasteiger partial charge in [0, 0.05) is 19.2 Å². The molecular weight excluding hydrogens is 242 g/mol. The van der Waals surface area contributed by atoms with E-state index in [1.165, 1.54) is 24.6 Å². The molecule has 90 valence electrons. The van der Waals surface area contributed by atoms with Crippen LogP contribution in [0.3, 0.4) is 0 Å². The molecule has 0 N–H and O–H groups in total. The summed E-state index contributed by atoms with van der Waals surface area (Å²) in [5.41, 5.74) is 0. The standard InChI is InChI=1S/C11H18ClN3S/c1-4-6-7-15(5-2)10-8-9(12)13-11(14-10)16-3/h8H,4-7H2,1-3H3. The quantitative estimate of drug-likeness (QED) is 0.444. The van der Waals surface area contributed by atoms with Crippen molar-refractivity contribution < 1.29 is 0 Å². The molecule has 0 saturated heterocycles. The number of anilines is 1. The zero-order valence-electron chi connectivity index (χ0n) is 10.0. The van der Waals surface area contributed by atoms with E-state index in [9.17, 15) is 0 Å². The Hall–Kier alpha value is -0.480. The molecule has 0 unspecified atom stereocenters. The van der Waals surface area contributed by atoms with Crippen molar-refractivity contribution >= 4 is 29.2 Å². The van der Waals surface area contributed by atoms with Gasteiger partial charge in [0.25, 0.3) is 0 Å². The summed E-state index contributed by atoms with van der Waals surface area (Å²) in [4.78, 5) is 10.8. The Morgan fingerprint density at radius 2 is 2.12 bits per heavy atom. The summed E-state index contributed by atoms with van der Waals surface area (Å²) in [6.45, 7) is 6.29. The highest BCUT2D eigenvalue weighted by Gasteiger charge is 2.08. The van der Waals surface area contributed by atoms with Gasteiger partial charge in [-0.1, -0.05) is 36.7 Å². The summed E-state index contributed by atoms with van der Waals surface area (Å²) in [5.74, 6) is 0.931. The molecule has 16 heavy (non-hydrogen) atoms. The summed E-state index contributed by atoms with van der Waals surface area (Å²) < 4.78 is 0. The van der Waals surface area contributed by atoms with E-state index in [-0.39, 0.29) is 0 Å². The minimum absolute atomic E-state index is 0.518. The SMILES string of the molecule is CCCCN(CC)c1cc(Cl)nc(SC)n1. The lowest BCUT2D eigenvalue weighted by Gasteiger charge is -2.21. The van der Waals surface area contributed by atoms with Gasteiger partial charge in [0.2, 0.25) is 0 Å². The van der Waals surface area contributed by atoms with Crippen molar-refractivity contribution in [2.45, 2.75) is 31.8 Å². The number of rotatable bonds is 6. The third kappa shape index (κ3) is 3.83. The van der Waals surface area contributed by atoms with E-state index in [0.29, 0.717) is 5.15 Å². The maximum Gasteiger partial charge on any atom is 0.190 e. The van der Waals surface area contributed by atoms with Crippen LogP contribution < -0.4 is 4.90 Å². The van der Waals surface area contributed by atoms with E-state index in [0.717, 1.165) is 24.1 Å². The van der Waals surface area contributed by atoms with E-state index in [2.05, 4.69) is 28.7 Å². The summed E-state index contributed by atoms with van der Waals surface area (Å²) in [5, 5.41) is 1.25. The molecule has 0 aliphatic rings. The number of unbranched alkanes of at least 4 members (excludes halogenated alkanes) is 1. The number of hydrogen-bond acceptors (Lipinski definition) is 4. The topological polar surface area (TPSA) is 29.0 Å². The molecule has 1 rings (SSSR count). The van der Waals surface area contributed by atoms with Crippen molar-refractivity contribution in [3.63, 3.8) is 0 Å². The van der Waals surface area contributed by atoms with E-state index < -0.39 is 0 Å². The van der Waals surface area contributed by atoms with E-state index in [1.807, 2.05) is 12.3 Å². The van der Waals surface area contributed by atoms with Gasteiger partial charge in [-0.25, -0.2) is 9.97 Å². The minimum Gasteiger partial charge on any atom is -0.357 e. The molecule has 1 heterocycles. The molecule has 0 saturated carbocycles. The zero-order valence-corrected chi connectivity index (χ0v) is 11.6. The third-order valence-electron chi connectivity index (χ3n) is 2.33. The van der Waals surface area contributed by atoms with Gasteiger partial charge in [0.05, 0.1) is 0 Å². The van der Waals surface area contributed by atoms with Crippen LogP contribution >= 0.6 is 23.4 Å². The van der Waals surface area contributed by atoms with Crippen LogP contribution in [0.1, 0.15) is 26.7 Å². The van der Waals surface area contributed by atoms with Crippen LogP contribution in [-0.2, 0) is 0 Å². The first-order valence-corrected chi connectivity index (χ1v) is 7.15. The number of aromatic nitrogens is 2. The van der Waals surface area contributed by atoms with Crippen molar-refractivity contribution in [2.75, 3.05) is 24.2 Å². The van der Waals surface area contributed by atoms with Gasteiger partial charge in [-0.05, 0) is 19.6 Å². The van der Waals surface area contributed by atoms with Crippen molar-refractivity contribution in [3.8, 4) is 0 Å². The van der Waals surface area contributed by atoms with Gasteiger partial charge in [-0.3, -0.25) is 0 Å². The molecule has 3 nitrogen and oxygen atoms in total. The predicted molar refractivity (Wildman–Crippen MR) is 71.6 cm³/mol. The Kier molecular flexibility index (Phi) is 5.91. The Morgan fingerprint density at radius 3 is 2.69 bits per heavy atom. The molecule has 0 bridgehead atoms. The highest BCUT2D eigenvalue weighted by molar-refractivity contribution is 7.98. The van der Waals surface area contributed by atoms with Gasteiger partial charge in [0.15, 0.2) is 5.16 Å². The predicted octanol–water partition coefficient (Wildman–Crippen LogP) is 3.48. The number of halogens is 1. The molecule has 0 fully saturated rings. The molecule has 1 aromatic heterocycles. The third-order valence-corrected chi connectivity index (χ3v) is 3.07. The van der Waals surface area contributed by atoms with Crippen LogP contribution in [-0.4, -0.2) is 29.3 Å². The summed E-state index contributed by atoms with van der Waals surface area (Å²) in [6.07, 6.45) is 4.31. The zero-order chi connectivity index (χ0) is 12.0.